The minimum absolute atomic E-state index is 0.0155. The highest BCUT2D eigenvalue weighted by molar-refractivity contribution is 7.89. The van der Waals surface area contributed by atoms with Crippen LogP contribution in [0.25, 0.3) is 0 Å². The van der Waals surface area contributed by atoms with Crippen LogP contribution in [0.5, 0.6) is 0 Å². The van der Waals surface area contributed by atoms with Crippen LogP contribution in [-0.2, 0) is 14.8 Å². The van der Waals surface area contributed by atoms with E-state index in [2.05, 4.69) is 6.07 Å². The molecule has 0 amide bonds. The molecule has 0 aromatic heterocycles. The molecule has 166 valence electrons. The molecule has 6 nitrogen and oxygen atoms in total. The Morgan fingerprint density at radius 3 is 2.18 bits per heavy atom. The molecule has 4 rings (SSSR count). The van der Waals surface area contributed by atoms with Gasteiger partial charge < -0.3 is 5.11 Å². The number of carboxylic acids is 1. The van der Waals surface area contributed by atoms with E-state index in [1.165, 1.54) is 4.31 Å². The number of nitriles is 1. The summed E-state index contributed by atoms with van der Waals surface area (Å²) in [5.41, 5.74) is 2.65. The Labute approximate surface area is 193 Å². The molecule has 0 bridgehead atoms. The molecule has 0 unspecified atom stereocenters. The zero-order chi connectivity index (χ0) is 23.6. The van der Waals surface area contributed by atoms with E-state index in [0.717, 1.165) is 5.56 Å². The SMILES string of the molecule is Cc1ccc(S(=O)(=O)N2[C@@H](c3ccccc3)C(C(=O)O)=CC[C@H]2c2ccc(C#N)cc2)cc1. The van der Waals surface area contributed by atoms with Gasteiger partial charge in [0.15, 0.2) is 0 Å². The van der Waals surface area contributed by atoms with E-state index < -0.39 is 28.1 Å². The highest BCUT2D eigenvalue weighted by Gasteiger charge is 2.44. The Bertz CT molecular complexity index is 1340. The number of aliphatic carboxylic acids is 1. The van der Waals surface area contributed by atoms with Crippen LogP contribution in [0, 0.1) is 18.3 Å². The first kappa shape index (κ1) is 22.5. The zero-order valence-corrected chi connectivity index (χ0v) is 18.7. The quantitative estimate of drug-likeness (QED) is 0.595. The van der Waals surface area contributed by atoms with Crippen LogP contribution in [0.1, 0.15) is 40.8 Å². The summed E-state index contributed by atoms with van der Waals surface area (Å²) in [5, 5.41) is 19.1. The van der Waals surface area contributed by atoms with Crippen LogP contribution in [-0.4, -0.2) is 23.8 Å². The second kappa shape index (κ2) is 9.02. The molecule has 1 heterocycles. The van der Waals surface area contributed by atoms with E-state index in [-0.39, 0.29) is 16.9 Å². The summed E-state index contributed by atoms with van der Waals surface area (Å²) in [6.07, 6.45) is 1.80. The van der Waals surface area contributed by atoms with Gasteiger partial charge in [0.25, 0.3) is 0 Å². The van der Waals surface area contributed by atoms with Crippen molar-refractivity contribution in [2.45, 2.75) is 30.3 Å². The first-order chi connectivity index (χ1) is 15.8. The van der Waals surface area contributed by atoms with Crippen LogP contribution in [0.15, 0.2) is 95.4 Å². The van der Waals surface area contributed by atoms with Crippen LogP contribution < -0.4 is 0 Å². The summed E-state index contributed by atoms with van der Waals surface area (Å²) < 4.78 is 29.3. The second-order valence-corrected chi connectivity index (χ2v) is 9.75. The topological polar surface area (TPSA) is 98.5 Å². The number of sulfonamides is 1. The van der Waals surface area contributed by atoms with Gasteiger partial charge >= 0.3 is 5.97 Å². The van der Waals surface area contributed by atoms with Crippen molar-refractivity contribution in [1.82, 2.24) is 4.31 Å². The molecule has 1 aliphatic heterocycles. The van der Waals surface area contributed by atoms with Gasteiger partial charge in [0.05, 0.1) is 34.2 Å². The second-order valence-electron chi connectivity index (χ2n) is 7.91. The maximum atomic E-state index is 14.0. The van der Waals surface area contributed by atoms with Gasteiger partial charge in [0, 0.05) is 0 Å². The summed E-state index contributed by atoms with van der Waals surface area (Å²) in [4.78, 5) is 12.3. The number of benzene rings is 3. The number of hydrogen-bond acceptors (Lipinski definition) is 4. The first-order valence-corrected chi connectivity index (χ1v) is 11.9. The van der Waals surface area contributed by atoms with E-state index in [1.54, 1.807) is 84.9 Å². The number of aryl methyl sites for hydroxylation is 1. The monoisotopic (exact) mass is 458 g/mol. The summed E-state index contributed by atoms with van der Waals surface area (Å²) in [6, 6.07) is 22.5. The fourth-order valence-electron chi connectivity index (χ4n) is 4.14. The Balaban J connectivity index is 1.95. The van der Waals surface area contributed by atoms with Crippen LogP contribution in [0.2, 0.25) is 0 Å². The van der Waals surface area contributed by atoms with Gasteiger partial charge in [-0.25, -0.2) is 13.2 Å². The van der Waals surface area contributed by atoms with Gasteiger partial charge in [0.1, 0.15) is 0 Å². The van der Waals surface area contributed by atoms with Crippen LogP contribution >= 0.6 is 0 Å². The maximum absolute atomic E-state index is 14.0. The third-order valence-corrected chi connectivity index (χ3v) is 7.69. The number of nitrogens with zero attached hydrogens (tertiary/aromatic N) is 2. The highest BCUT2D eigenvalue weighted by atomic mass is 32.2. The van der Waals surface area contributed by atoms with Gasteiger partial charge in [-0.2, -0.15) is 9.57 Å². The smallest absolute Gasteiger partial charge is 0.333 e. The van der Waals surface area contributed by atoms with Crippen molar-refractivity contribution in [3.8, 4) is 6.07 Å². The standard InChI is InChI=1S/C26H22N2O4S/c1-18-7-13-22(14-8-18)33(31,32)28-24(20-11-9-19(17-27)10-12-20)16-15-23(26(29)30)25(28)21-5-3-2-4-6-21/h2-15,24-25H,16H2,1H3,(H,29,30)/t24-,25-/m0/s1. The molecule has 33 heavy (non-hydrogen) atoms. The summed E-state index contributed by atoms with van der Waals surface area (Å²) >= 11 is 0. The molecule has 3 aromatic carbocycles. The third-order valence-electron chi connectivity index (χ3n) is 5.80. The van der Waals surface area contributed by atoms with Gasteiger partial charge in [-0.3, -0.25) is 0 Å². The molecule has 0 saturated carbocycles. The number of carbonyl (C=O) groups is 1. The Morgan fingerprint density at radius 2 is 1.61 bits per heavy atom. The molecule has 0 radical (unpaired) electrons. The minimum Gasteiger partial charge on any atom is -0.478 e. The third kappa shape index (κ3) is 4.31. The predicted octanol–water partition coefficient (Wildman–Crippen LogP) is 4.75. The van der Waals surface area contributed by atoms with E-state index >= 15 is 0 Å². The van der Waals surface area contributed by atoms with Gasteiger partial charge in [0.2, 0.25) is 10.0 Å². The van der Waals surface area contributed by atoms with Crippen molar-refractivity contribution in [2.24, 2.45) is 0 Å². The van der Waals surface area contributed by atoms with E-state index in [4.69, 9.17) is 5.26 Å². The molecule has 0 saturated heterocycles. The van der Waals surface area contributed by atoms with E-state index in [9.17, 15) is 18.3 Å². The molecule has 0 fully saturated rings. The molecule has 3 aromatic rings. The number of rotatable bonds is 5. The fourth-order valence-corrected chi connectivity index (χ4v) is 5.92. The van der Waals surface area contributed by atoms with Crippen molar-refractivity contribution in [2.75, 3.05) is 0 Å². The molecule has 2 atom stereocenters. The molecular formula is C26H22N2O4S. The number of hydrogen-bond donors (Lipinski definition) is 1. The molecule has 1 aliphatic rings. The van der Waals surface area contributed by atoms with E-state index in [1.807, 2.05) is 6.92 Å². The fraction of sp³-hybridized carbons (Fsp3) is 0.154. The average molecular weight is 459 g/mol. The lowest BCUT2D eigenvalue weighted by molar-refractivity contribution is -0.133. The Hall–Kier alpha value is -3.73. The summed E-state index contributed by atoms with van der Waals surface area (Å²) in [6.45, 7) is 1.87. The minimum atomic E-state index is -4.09. The molecule has 7 heteroatoms. The largest absolute Gasteiger partial charge is 0.478 e. The van der Waals surface area contributed by atoms with Crippen LogP contribution in [0.4, 0.5) is 0 Å². The van der Waals surface area contributed by atoms with Gasteiger partial charge in [-0.15, -0.1) is 0 Å². The molecule has 0 aliphatic carbocycles. The lowest BCUT2D eigenvalue weighted by Crippen LogP contribution is -2.42. The Morgan fingerprint density at radius 1 is 0.970 bits per heavy atom. The van der Waals surface area contributed by atoms with Gasteiger partial charge in [-0.1, -0.05) is 66.2 Å². The zero-order valence-electron chi connectivity index (χ0n) is 17.9. The van der Waals surface area contributed by atoms with Crippen molar-refractivity contribution in [3.05, 3.63) is 113 Å². The first-order valence-electron chi connectivity index (χ1n) is 10.4. The number of carboxylic acid groups (broad SMARTS) is 1. The van der Waals surface area contributed by atoms with Crippen molar-refractivity contribution in [1.29, 1.82) is 5.26 Å². The highest BCUT2D eigenvalue weighted by Crippen LogP contribution is 2.45. The maximum Gasteiger partial charge on any atom is 0.333 e. The lowest BCUT2D eigenvalue weighted by Gasteiger charge is -2.40. The molecule has 1 N–H and O–H groups in total. The van der Waals surface area contributed by atoms with E-state index in [0.29, 0.717) is 16.7 Å². The Kier molecular flexibility index (Phi) is 6.14. The summed E-state index contributed by atoms with van der Waals surface area (Å²) in [5.74, 6) is -1.16. The van der Waals surface area contributed by atoms with Crippen LogP contribution in [0.3, 0.4) is 0 Å². The normalized spacial score (nSPS) is 18.8. The van der Waals surface area contributed by atoms with Crippen molar-refractivity contribution < 1.29 is 18.3 Å². The van der Waals surface area contributed by atoms with Gasteiger partial charge in [-0.05, 0) is 48.7 Å². The summed E-state index contributed by atoms with van der Waals surface area (Å²) in [7, 11) is -4.09. The predicted molar refractivity (Wildman–Crippen MR) is 124 cm³/mol. The van der Waals surface area contributed by atoms with Crippen molar-refractivity contribution >= 4 is 16.0 Å². The van der Waals surface area contributed by atoms with Crippen molar-refractivity contribution in [3.63, 3.8) is 0 Å². The average Bonchev–Trinajstić information content (AvgIpc) is 2.84. The lowest BCUT2D eigenvalue weighted by atomic mass is 9.89. The molecule has 0 spiro atoms. The molecular weight excluding hydrogens is 436 g/mol.